The second-order valence-electron chi connectivity index (χ2n) is 8.93. The zero-order valence-corrected chi connectivity index (χ0v) is 20.5. The summed E-state index contributed by atoms with van der Waals surface area (Å²) in [6.45, 7) is 4.18. The van der Waals surface area contributed by atoms with Gasteiger partial charge in [-0.15, -0.1) is 0 Å². The zero-order chi connectivity index (χ0) is 25.1. The number of imidazole rings is 1. The van der Waals surface area contributed by atoms with Crippen molar-refractivity contribution in [3.63, 3.8) is 0 Å². The number of ether oxygens (including phenoxy) is 1. The highest BCUT2D eigenvalue weighted by atomic mass is 19.1. The standard InChI is InChI=1S/C26H29FN6O2/c1-16(2)20-12-17(6-8-21(20)27)29-26-30-22-13-18(7-9-23(22)33(26)5)35-19-10-11-28-24(14-19)31-25(34)15-32(3)4/h6-14,16H,15H2,1-5H3,(H,29,30)(H,28,31,34). The number of carbonyl (C=O) groups excluding carboxylic acids is 1. The molecule has 0 aliphatic carbocycles. The maximum atomic E-state index is 14.1. The molecule has 0 fully saturated rings. The Balaban J connectivity index is 1.53. The van der Waals surface area contributed by atoms with Crippen LogP contribution in [0.4, 0.5) is 21.8 Å². The highest BCUT2D eigenvalue weighted by Crippen LogP contribution is 2.29. The predicted molar refractivity (Wildman–Crippen MR) is 136 cm³/mol. The average molecular weight is 477 g/mol. The van der Waals surface area contributed by atoms with Crippen molar-refractivity contribution in [2.24, 2.45) is 7.05 Å². The van der Waals surface area contributed by atoms with Gasteiger partial charge in [0.2, 0.25) is 11.9 Å². The first-order valence-corrected chi connectivity index (χ1v) is 11.3. The number of halogens is 1. The minimum Gasteiger partial charge on any atom is -0.457 e. The quantitative estimate of drug-likeness (QED) is 0.361. The van der Waals surface area contributed by atoms with Gasteiger partial charge in [-0.05, 0) is 62.0 Å². The molecule has 35 heavy (non-hydrogen) atoms. The molecule has 2 N–H and O–H groups in total. The van der Waals surface area contributed by atoms with Crippen LogP contribution in [0.5, 0.6) is 11.5 Å². The molecule has 0 spiro atoms. The smallest absolute Gasteiger partial charge is 0.239 e. The van der Waals surface area contributed by atoms with E-state index in [1.54, 1.807) is 29.3 Å². The maximum absolute atomic E-state index is 14.1. The van der Waals surface area contributed by atoms with Crippen LogP contribution < -0.4 is 15.4 Å². The summed E-state index contributed by atoms with van der Waals surface area (Å²) in [6, 6.07) is 14.0. The number of rotatable bonds is 8. The number of aryl methyl sites for hydroxylation is 1. The van der Waals surface area contributed by atoms with Gasteiger partial charge in [-0.25, -0.2) is 14.4 Å². The topological polar surface area (TPSA) is 84.3 Å². The highest BCUT2D eigenvalue weighted by Gasteiger charge is 2.13. The van der Waals surface area contributed by atoms with Gasteiger partial charge in [-0.2, -0.15) is 0 Å². The van der Waals surface area contributed by atoms with Gasteiger partial charge >= 0.3 is 0 Å². The molecular formula is C26H29FN6O2. The normalized spacial score (nSPS) is 11.3. The van der Waals surface area contributed by atoms with E-state index in [1.807, 2.05) is 63.8 Å². The third kappa shape index (κ3) is 5.75. The molecule has 4 rings (SSSR count). The molecule has 182 valence electrons. The van der Waals surface area contributed by atoms with Crippen molar-refractivity contribution in [1.82, 2.24) is 19.4 Å². The number of anilines is 3. The Hall–Kier alpha value is -3.98. The van der Waals surface area contributed by atoms with E-state index in [1.165, 1.54) is 6.07 Å². The number of benzene rings is 2. The summed E-state index contributed by atoms with van der Waals surface area (Å²) in [6.07, 6.45) is 1.58. The van der Waals surface area contributed by atoms with Crippen LogP contribution in [0, 0.1) is 5.82 Å². The van der Waals surface area contributed by atoms with Gasteiger partial charge in [0.05, 0.1) is 17.6 Å². The molecule has 4 aromatic rings. The molecule has 0 atom stereocenters. The van der Waals surface area contributed by atoms with E-state index in [9.17, 15) is 9.18 Å². The molecule has 9 heteroatoms. The Bertz CT molecular complexity index is 1370. The number of amides is 1. The molecule has 2 aromatic carbocycles. The number of pyridine rings is 1. The van der Waals surface area contributed by atoms with Crippen molar-refractivity contribution >= 4 is 34.4 Å². The van der Waals surface area contributed by atoms with Crippen molar-refractivity contribution in [1.29, 1.82) is 0 Å². The van der Waals surface area contributed by atoms with Crippen molar-refractivity contribution in [3.05, 3.63) is 66.1 Å². The summed E-state index contributed by atoms with van der Waals surface area (Å²) in [5.41, 5.74) is 3.08. The monoisotopic (exact) mass is 476 g/mol. The summed E-state index contributed by atoms with van der Waals surface area (Å²) in [4.78, 5) is 22.7. The molecular weight excluding hydrogens is 447 g/mol. The van der Waals surface area contributed by atoms with Gasteiger partial charge in [-0.3, -0.25) is 4.79 Å². The van der Waals surface area contributed by atoms with Crippen molar-refractivity contribution in [3.8, 4) is 11.5 Å². The van der Waals surface area contributed by atoms with Gasteiger partial charge in [0.25, 0.3) is 0 Å². The van der Waals surface area contributed by atoms with E-state index in [0.29, 0.717) is 28.8 Å². The number of hydrogen-bond acceptors (Lipinski definition) is 6. The lowest BCUT2D eigenvalue weighted by molar-refractivity contribution is -0.116. The number of fused-ring (bicyclic) bond motifs is 1. The molecule has 2 aromatic heterocycles. The fourth-order valence-corrected chi connectivity index (χ4v) is 3.70. The van der Waals surface area contributed by atoms with Crippen LogP contribution >= 0.6 is 0 Å². The van der Waals surface area contributed by atoms with E-state index >= 15 is 0 Å². The van der Waals surface area contributed by atoms with Crippen molar-refractivity contribution in [2.45, 2.75) is 19.8 Å². The Morgan fingerprint density at radius 2 is 1.89 bits per heavy atom. The van der Waals surface area contributed by atoms with E-state index in [-0.39, 0.29) is 24.2 Å². The average Bonchev–Trinajstić information content (AvgIpc) is 3.09. The molecule has 0 bridgehead atoms. The molecule has 1 amide bonds. The predicted octanol–water partition coefficient (Wildman–Crippen LogP) is 5.27. The summed E-state index contributed by atoms with van der Waals surface area (Å²) < 4.78 is 22.0. The summed E-state index contributed by atoms with van der Waals surface area (Å²) in [5.74, 6) is 1.90. The number of hydrogen-bond donors (Lipinski definition) is 2. The summed E-state index contributed by atoms with van der Waals surface area (Å²) in [7, 11) is 5.56. The minimum atomic E-state index is -0.214. The summed E-state index contributed by atoms with van der Waals surface area (Å²) in [5, 5.41) is 6.04. The lowest BCUT2D eigenvalue weighted by Crippen LogP contribution is -2.27. The fraction of sp³-hybridized carbons (Fsp3) is 0.269. The Morgan fingerprint density at radius 3 is 2.63 bits per heavy atom. The molecule has 0 aliphatic heterocycles. The lowest BCUT2D eigenvalue weighted by Gasteiger charge is -2.11. The van der Waals surface area contributed by atoms with Crippen LogP contribution in [-0.4, -0.2) is 46.0 Å². The largest absolute Gasteiger partial charge is 0.457 e. The van der Waals surface area contributed by atoms with Crippen molar-refractivity contribution < 1.29 is 13.9 Å². The summed E-state index contributed by atoms with van der Waals surface area (Å²) >= 11 is 0. The molecule has 2 heterocycles. The number of nitrogens with one attached hydrogen (secondary N) is 2. The molecule has 0 radical (unpaired) electrons. The van der Waals surface area contributed by atoms with Gasteiger partial charge in [-0.1, -0.05) is 13.8 Å². The van der Waals surface area contributed by atoms with Crippen LogP contribution in [0.15, 0.2) is 54.7 Å². The molecule has 0 saturated carbocycles. The van der Waals surface area contributed by atoms with Crippen LogP contribution in [0.3, 0.4) is 0 Å². The Labute approximate surface area is 203 Å². The Kier molecular flexibility index (Phi) is 6.97. The van der Waals surface area contributed by atoms with Crippen LogP contribution in [0.2, 0.25) is 0 Å². The molecule has 8 nitrogen and oxygen atoms in total. The second kappa shape index (κ2) is 10.1. The molecule has 0 saturated heterocycles. The highest BCUT2D eigenvalue weighted by molar-refractivity contribution is 5.91. The molecule has 0 unspecified atom stereocenters. The Morgan fingerprint density at radius 1 is 1.11 bits per heavy atom. The van der Waals surface area contributed by atoms with Crippen LogP contribution in [-0.2, 0) is 11.8 Å². The van der Waals surface area contributed by atoms with E-state index < -0.39 is 0 Å². The van der Waals surface area contributed by atoms with Crippen LogP contribution in [0.25, 0.3) is 11.0 Å². The first-order valence-electron chi connectivity index (χ1n) is 11.3. The SMILES string of the molecule is CC(C)c1cc(Nc2nc3cc(Oc4ccnc(NC(=O)CN(C)C)c4)ccc3n2C)ccc1F. The van der Waals surface area contributed by atoms with Gasteiger partial charge in [0, 0.05) is 31.1 Å². The number of likely N-dealkylation sites (N-methyl/N-ethyl adjacent to an activating group) is 1. The van der Waals surface area contributed by atoms with E-state index in [0.717, 1.165) is 16.7 Å². The van der Waals surface area contributed by atoms with Gasteiger partial charge < -0.3 is 24.8 Å². The first-order chi connectivity index (χ1) is 16.7. The van der Waals surface area contributed by atoms with Gasteiger partial charge in [0.15, 0.2) is 0 Å². The second-order valence-corrected chi connectivity index (χ2v) is 8.93. The third-order valence-corrected chi connectivity index (χ3v) is 5.42. The first kappa shape index (κ1) is 24.2. The van der Waals surface area contributed by atoms with E-state index in [2.05, 4.69) is 15.6 Å². The lowest BCUT2D eigenvalue weighted by atomic mass is 10.0. The zero-order valence-electron chi connectivity index (χ0n) is 20.5. The number of aromatic nitrogens is 3. The van der Waals surface area contributed by atoms with Gasteiger partial charge in [0.1, 0.15) is 23.1 Å². The minimum absolute atomic E-state index is 0.0758. The maximum Gasteiger partial charge on any atom is 0.239 e. The van der Waals surface area contributed by atoms with Crippen LogP contribution in [0.1, 0.15) is 25.3 Å². The third-order valence-electron chi connectivity index (χ3n) is 5.42. The molecule has 0 aliphatic rings. The number of nitrogens with zero attached hydrogens (tertiary/aromatic N) is 4. The fourth-order valence-electron chi connectivity index (χ4n) is 3.70. The number of carbonyl (C=O) groups is 1. The van der Waals surface area contributed by atoms with Crippen molar-refractivity contribution in [2.75, 3.05) is 31.3 Å². The van der Waals surface area contributed by atoms with E-state index in [4.69, 9.17) is 9.72 Å².